The van der Waals surface area contributed by atoms with Crippen LogP contribution in [0.15, 0.2) is 30.3 Å². The van der Waals surface area contributed by atoms with Crippen molar-refractivity contribution in [3.63, 3.8) is 0 Å². The molecule has 0 aliphatic carbocycles. The highest BCUT2D eigenvalue weighted by Gasteiger charge is 2.43. The molecule has 0 aromatic heterocycles. The van der Waals surface area contributed by atoms with E-state index >= 15 is 0 Å². The molecule has 0 radical (unpaired) electrons. The number of anilines is 1. The first-order valence-corrected chi connectivity index (χ1v) is 4.95. The minimum Gasteiger partial charge on any atom is -0.446 e. The number of benzene rings is 1. The van der Waals surface area contributed by atoms with Gasteiger partial charge in [0.2, 0.25) is 0 Å². The molecule has 0 fully saturated rings. The Kier molecular flexibility index (Phi) is 3.98. The molecule has 1 rings (SSSR count). The van der Waals surface area contributed by atoms with Crippen molar-refractivity contribution in [2.45, 2.75) is 26.3 Å². The second kappa shape index (κ2) is 5.07. The predicted octanol–water partition coefficient (Wildman–Crippen LogP) is 3.56. The minimum absolute atomic E-state index is 0.273. The Balaban J connectivity index is 3.02. The number of carbonyl (C=O) groups is 1. The highest BCUT2D eigenvalue weighted by Crippen LogP contribution is 2.29. The van der Waals surface area contributed by atoms with Crippen LogP contribution in [0.2, 0.25) is 0 Å². The Morgan fingerprint density at radius 2 is 1.76 bits per heavy atom. The van der Waals surface area contributed by atoms with Crippen LogP contribution in [0.4, 0.5) is 23.7 Å². The van der Waals surface area contributed by atoms with Gasteiger partial charge in [0.05, 0.1) is 11.8 Å². The summed E-state index contributed by atoms with van der Waals surface area (Å²) in [6.07, 6.45) is -6.86. The molecule has 17 heavy (non-hydrogen) atoms. The summed E-state index contributed by atoms with van der Waals surface area (Å²) in [6.45, 7) is 2.97. The summed E-state index contributed by atoms with van der Waals surface area (Å²) in [7, 11) is 0. The van der Waals surface area contributed by atoms with Gasteiger partial charge in [-0.2, -0.15) is 4.90 Å². The third-order valence-electron chi connectivity index (χ3n) is 1.79. The van der Waals surface area contributed by atoms with Crippen molar-refractivity contribution >= 4 is 11.8 Å². The molecular weight excluding hydrogens is 235 g/mol. The van der Waals surface area contributed by atoms with E-state index in [0.29, 0.717) is 0 Å². The Labute approximate surface area is 96.8 Å². The number of hydrogen-bond acceptors (Lipinski definition) is 2. The van der Waals surface area contributed by atoms with Crippen LogP contribution < -0.4 is 4.90 Å². The van der Waals surface area contributed by atoms with Crippen LogP contribution >= 0.6 is 0 Å². The fourth-order valence-electron chi connectivity index (χ4n) is 1.19. The molecule has 1 aromatic carbocycles. The van der Waals surface area contributed by atoms with Crippen LogP contribution in [-0.4, -0.2) is 18.5 Å². The van der Waals surface area contributed by atoms with E-state index in [1.54, 1.807) is 6.07 Å². The van der Waals surface area contributed by atoms with Gasteiger partial charge in [0.1, 0.15) is 0 Å². The summed E-state index contributed by atoms with van der Waals surface area (Å²) in [5.74, 6) is 0. The summed E-state index contributed by atoms with van der Waals surface area (Å²) in [5.41, 5.74) is -0.273. The quantitative estimate of drug-likeness (QED) is 0.748. The third-order valence-corrected chi connectivity index (χ3v) is 1.79. The third kappa shape index (κ3) is 3.65. The lowest BCUT2D eigenvalue weighted by molar-refractivity contribution is -0.125. The molecule has 94 valence electrons. The zero-order chi connectivity index (χ0) is 13.1. The number of ether oxygens (including phenoxy) is 1. The maximum Gasteiger partial charge on any atom is 0.494 e. The Bertz CT molecular complexity index is 376. The lowest BCUT2D eigenvalue weighted by Gasteiger charge is -2.25. The molecular formula is C11H12F3NO2. The van der Waals surface area contributed by atoms with E-state index in [-0.39, 0.29) is 10.6 Å². The molecule has 3 nitrogen and oxygen atoms in total. The monoisotopic (exact) mass is 247 g/mol. The van der Waals surface area contributed by atoms with Crippen molar-refractivity contribution < 1.29 is 22.7 Å². The number of alkyl halides is 3. The average molecular weight is 247 g/mol. The van der Waals surface area contributed by atoms with Crippen LogP contribution in [-0.2, 0) is 4.74 Å². The van der Waals surface area contributed by atoms with E-state index in [4.69, 9.17) is 0 Å². The van der Waals surface area contributed by atoms with Crippen molar-refractivity contribution in [2.75, 3.05) is 4.90 Å². The minimum atomic E-state index is -4.81. The van der Waals surface area contributed by atoms with Crippen LogP contribution in [0, 0.1) is 0 Å². The van der Waals surface area contributed by atoms with Gasteiger partial charge < -0.3 is 4.74 Å². The molecule has 0 atom stereocenters. The highest BCUT2D eigenvalue weighted by atomic mass is 19.4. The molecule has 0 heterocycles. The van der Waals surface area contributed by atoms with Crippen LogP contribution in [0.25, 0.3) is 0 Å². The number of amides is 1. The number of halogens is 3. The zero-order valence-corrected chi connectivity index (χ0v) is 9.36. The van der Waals surface area contributed by atoms with Crippen LogP contribution in [0.3, 0.4) is 0 Å². The standard InChI is InChI=1S/C11H12F3NO2/c1-8(2)17-10(16)15(11(12,13)14)9-6-4-3-5-7-9/h3-8H,1-2H3. The highest BCUT2D eigenvalue weighted by molar-refractivity contribution is 5.88. The van der Waals surface area contributed by atoms with Gasteiger partial charge in [-0.15, -0.1) is 13.2 Å². The molecule has 0 bridgehead atoms. The Hall–Kier alpha value is -1.72. The summed E-state index contributed by atoms with van der Waals surface area (Å²) in [5, 5.41) is 0. The van der Waals surface area contributed by atoms with Gasteiger partial charge in [-0.25, -0.2) is 4.79 Å². The number of hydrogen-bond donors (Lipinski definition) is 0. The van der Waals surface area contributed by atoms with Crippen molar-refractivity contribution in [3.8, 4) is 0 Å². The van der Waals surface area contributed by atoms with E-state index in [1.165, 1.54) is 38.1 Å². The summed E-state index contributed by atoms with van der Waals surface area (Å²) in [4.78, 5) is 11.1. The second-order valence-corrected chi connectivity index (χ2v) is 3.57. The fourth-order valence-corrected chi connectivity index (χ4v) is 1.19. The molecule has 6 heteroatoms. The number of rotatable bonds is 2. The van der Waals surface area contributed by atoms with E-state index in [2.05, 4.69) is 4.74 Å². The van der Waals surface area contributed by atoms with Gasteiger partial charge in [-0.3, -0.25) is 0 Å². The van der Waals surface area contributed by atoms with E-state index in [1.807, 2.05) is 0 Å². The SMILES string of the molecule is CC(C)OC(=O)N(c1ccccc1)C(F)(F)F. The molecule has 0 spiro atoms. The van der Waals surface area contributed by atoms with Crippen molar-refractivity contribution in [2.24, 2.45) is 0 Å². The second-order valence-electron chi connectivity index (χ2n) is 3.57. The average Bonchev–Trinajstić information content (AvgIpc) is 2.15. The van der Waals surface area contributed by atoms with Gasteiger partial charge in [0.25, 0.3) is 0 Å². The summed E-state index contributed by atoms with van der Waals surface area (Å²) in [6, 6.07) is 6.77. The molecule has 0 aliphatic heterocycles. The molecule has 0 saturated heterocycles. The summed E-state index contributed by atoms with van der Waals surface area (Å²) >= 11 is 0. The zero-order valence-electron chi connectivity index (χ0n) is 9.36. The van der Waals surface area contributed by atoms with Gasteiger partial charge in [0.15, 0.2) is 0 Å². The molecule has 0 aliphatic rings. The predicted molar refractivity (Wildman–Crippen MR) is 56.6 cm³/mol. The van der Waals surface area contributed by atoms with Gasteiger partial charge in [0, 0.05) is 0 Å². The van der Waals surface area contributed by atoms with E-state index < -0.39 is 18.5 Å². The maximum absolute atomic E-state index is 12.7. The molecule has 1 aromatic rings. The molecule has 1 amide bonds. The lowest BCUT2D eigenvalue weighted by atomic mass is 10.3. The molecule has 0 saturated carbocycles. The first-order chi connectivity index (χ1) is 7.82. The fraction of sp³-hybridized carbons (Fsp3) is 0.364. The first-order valence-electron chi connectivity index (χ1n) is 4.95. The topological polar surface area (TPSA) is 29.5 Å². The van der Waals surface area contributed by atoms with Crippen LogP contribution in [0.1, 0.15) is 13.8 Å². The number of carbonyl (C=O) groups excluding carboxylic acids is 1. The number of nitrogens with zero attached hydrogens (tertiary/aromatic N) is 1. The largest absolute Gasteiger partial charge is 0.494 e. The lowest BCUT2D eigenvalue weighted by Crippen LogP contribution is -2.44. The first kappa shape index (κ1) is 13.3. The van der Waals surface area contributed by atoms with Crippen molar-refractivity contribution in [3.05, 3.63) is 30.3 Å². The number of para-hydroxylation sites is 1. The van der Waals surface area contributed by atoms with Gasteiger partial charge in [-0.05, 0) is 26.0 Å². The Morgan fingerprint density at radius 1 is 1.24 bits per heavy atom. The van der Waals surface area contributed by atoms with Crippen molar-refractivity contribution in [1.29, 1.82) is 0 Å². The summed E-state index contributed by atoms with van der Waals surface area (Å²) < 4.78 is 42.8. The van der Waals surface area contributed by atoms with Crippen LogP contribution in [0.5, 0.6) is 0 Å². The van der Waals surface area contributed by atoms with Gasteiger partial charge in [-0.1, -0.05) is 18.2 Å². The van der Waals surface area contributed by atoms with E-state index in [0.717, 1.165) is 0 Å². The van der Waals surface area contributed by atoms with E-state index in [9.17, 15) is 18.0 Å². The van der Waals surface area contributed by atoms with Gasteiger partial charge >= 0.3 is 12.4 Å². The Morgan fingerprint density at radius 3 is 2.18 bits per heavy atom. The molecule has 0 N–H and O–H groups in total. The maximum atomic E-state index is 12.7. The smallest absolute Gasteiger partial charge is 0.446 e. The molecule has 0 unspecified atom stereocenters. The van der Waals surface area contributed by atoms with Crippen molar-refractivity contribution in [1.82, 2.24) is 0 Å². The normalized spacial score (nSPS) is 11.4.